The standard InChI is InChI=1S/C23H23FN2O3S/c1-17-7-4-11-21(13-17)26(3)30(28,29)22-12-6-9-19(15-22)23(27)25(2)16-18-8-5-10-20(24)14-18/h4-15H,16H2,1-3H3. The molecule has 0 bridgehead atoms. The van der Waals surface area contributed by atoms with E-state index in [2.05, 4.69) is 0 Å². The summed E-state index contributed by atoms with van der Waals surface area (Å²) in [6.07, 6.45) is 0. The minimum Gasteiger partial charge on any atom is -0.337 e. The van der Waals surface area contributed by atoms with E-state index in [1.807, 2.05) is 13.0 Å². The maximum absolute atomic E-state index is 13.4. The van der Waals surface area contributed by atoms with E-state index >= 15 is 0 Å². The first-order chi connectivity index (χ1) is 14.2. The minimum absolute atomic E-state index is 0.0245. The van der Waals surface area contributed by atoms with Crippen LogP contribution in [0.1, 0.15) is 21.5 Å². The van der Waals surface area contributed by atoms with Crippen LogP contribution >= 0.6 is 0 Å². The van der Waals surface area contributed by atoms with Gasteiger partial charge in [0.25, 0.3) is 15.9 Å². The quantitative estimate of drug-likeness (QED) is 0.593. The first-order valence-corrected chi connectivity index (χ1v) is 10.8. The molecular formula is C23H23FN2O3S. The summed E-state index contributed by atoms with van der Waals surface area (Å²) >= 11 is 0. The van der Waals surface area contributed by atoms with E-state index in [9.17, 15) is 17.6 Å². The molecule has 7 heteroatoms. The number of rotatable bonds is 6. The number of halogens is 1. The van der Waals surface area contributed by atoms with Crippen LogP contribution in [0.25, 0.3) is 0 Å². The van der Waals surface area contributed by atoms with Crippen LogP contribution in [0.3, 0.4) is 0 Å². The number of aryl methyl sites for hydroxylation is 1. The molecule has 0 N–H and O–H groups in total. The number of nitrogens with zero attached hydrogens (tertiary/aromatic N) is 2. The maximum atomic E-state index is 13.4. The third-order valence-corrected chi connectivity index (χ3v) is 6.54. The van der Waals surface area contributed by atoms with Crippen molar-refractivity contribution in [2.24, 2.45) is 0 Å². The fraction of sp³-hybridized carbons (Fsp3) is 0.174. The number of amides is 1. The monoisotopic (exact) mass is 426 g/mol. The summed E-state index contributed by atoms with van der Waals surface area (Å²) in [5.74, 6) is -0.727. The van der Waals surface area contributed by atoms with Gasteiger partial charge in [-0.05, 0) is 60.5 Å². The summed E-state index contributed by atoms with van der Waals surface area (Å²) in [5, 5.41) is 0. The van der Waals surface area contributed by atoms with Gasteiger partial charge in [0.2, 0.25) is 0 Å². The van der Waals surface area contributed by atoms with Crippen LogP contribution in [0.5, 0.6) is 0 Å². The molecule has 0 saturated heterocycles. The molecule has 3 aromatic carbocycles. The molecule has 0 spiro atoms. The first-order valence-electron chi connectivity index (χ1n) is 9.34. The van der Waals surface area contributed by atoms with E-state index < -0.39 is 10.0 Å². The normalized spacial score (nSPS) is 11.2. The molecule has 3 rings (SSSR count). The van der Waals surface area contributed by atoms with Crippen molar-refractivity contribution >= 4 is 21.6 Å². The zero-order valence-corrected chi connectivity index (χ0v) is 17.9. The smallest absolute Gasteiger partial charge is 0.264 e. The zero-order chi connectivity index (χ0) is 21.9. The first kappa shape index (κ1) is 21.5. The van der Waals surface area contributed by atoms with E-state index in [4.69, 9.17) is 0 Å². The predicted octanol–water partition coefficient (Wildman–Crippen LogP) is 4.23. The summed E-state index contributed by atoms with van der Waals surface area (Å²) in [6, 6.07) is 19.1. The van der Waals surface area contributed by atoms with Crippen LogP contribution in [0.4, 0.5) is 10.1 Å². The summed E-state index contributed by atoms with van der Waals surface area (Å²) < 4.78 is 40.7. The van der Waals surface area contributed by atoms with E-state index in [0.29, 0.717) is 11.3 Å². The molecule has 0 atom stereocenters. The van der Waals surface area contributed by atoms with E-state index in [1.165, 1.54) is 40.5 Å². The highest BCUT2D eigenvalue weighted by Gasteiger charge is 2.23. The minimum atomic E-state index is -3.84. The van der Waals surface area contributed by atoms with Gasteiger partial charge in [0.1, 0.15) is 5.82 Å². The highest BCUT2D eigenvalue weighted by atomic mass is 32.2. The number of sulfonamides is 1. The summed E-state index contributed by atoms with van der Waals surface area (Å²) in [5.41, 5.74) is 2.37. The predicted molar refractivity (Wildman–Crippen MR) is 115 cm³/mol. The average Bonchev–Trinajstić information content (AvgIpc) is 2.72. The lowest BCUT2D eigenvalue weighted by Gasteiger charge is -2.21. The van der Waals surface area contributed by atoms with Crippen molar-refractivity contribution in [2.45, 2.75) is 18.4 Å². The Labute approximate surface area is 176 Å². The van der Waals surface area contributed by atoms with Gasteiger partial charge >= 0.3 is 0 Å². The maximum Gasteiger partial charge on any atom is 0.264 e. The fourth-order valence-corrected chi connectivity index (χ4v) is 4.35. The van der Waals surface area contributed by atoms with Crippen molar-refractivity contribution < 1.29 is 17.6 Å². The SMILES string of the molecule is Cc1cccc(N(C)S(=O)(=O)c2cccc(C(=O)N(C)Cc3cccc(F)c3)c2)c1. The number of hydrogen-bond donors (Lipinski definition) is 0. The molecule has 0 aliphatic heterocycles. The third kappa shape index (κ3) is 4.68. The number of carbonyl (C=O) groups excluding carboxylic acids is 1. The Morgan fingerprint density at radius 2 is 1.63 bits per heavy atom. The van der Waals surface area contributed by atoms with Crippen LogP contribution in [-0.2, 0) is 16.6 Å². The largest absolute Gasteiger partial charge is 0.337 e. The van der Waals surface area contributed by atoms with Crippen LogP contribution in [0.15, 0.2) is 77.7 Å². The summed E-state index contributed by atoms with van der Waals surface area (Å²) in [6.45, 7) is 2.09. The molecule has 0 aliphatic carbocycles. The van der Waals surface area contributed by atoms with Gasteiger partial charge in [-0.25, -0.2) is 12.8 Å². The zero-order valence-electron chi connectivity index (χ0n) is 17.0. The second kappa shape index (κ2) is 8.67. The van der Waals surface area contributed by atoms with Gasteiger partial charge in [-0.1, -0.05) is 30.3 Å². The molecule has 0 heterocycles. The van der Waals surface area contributed by atoms with Gasteiger partial charge in [0.15, 0.2) is 0 Å². The number of benzene rings is 3. The topological polar surface area (TPSA) is 57.7 Å². The Kier molecular flexibility index (Phi) is 6.22. The van der Waals surface area contributed by atoms with Crippen molar-refractivity contribution in [3.05, 3.63) is 95.3 Å². The lowest BCUT2D eigenvalue weighted by molar-refractivity contribution is 0.0784. The van der Waals surface area contributed by atoms with Crippen molar-refractivity contribution in [2.75, 3.05) is 18.4 Å². The molecule has 0 aromatic heterocycles. The molecule has 0 aliphatic rings. The third-order valence-electron chi connectivity index (χ3n) is 4.76. The van der Waals surface area contributed by atoms with Gasteiger partial charge in [0.05, 0.1) is 10.6 Å². The summed E-state index contributed by atoms with van der Waals surface area (Å²) in [7, 11) is -0.771. The molecule has 0 radical (unpaired) electrons. The Hall–Kier alpha value is -3.19. The number of hydrogen-bond acceptors (Lipinski definition) is 3. The van der Waals surface area contributed by atoms with E-state index in [0.717, 1.165) is 5.56 Å². The Morgan fingerprint density at radius 1 is 0.933 bits per heavy atom. The van der Waals surface area contributed by atoms with Gasteiger partial charge in [-0.2, -0.15) is 0 Å². The van der Waals surface area contributed by atoms with Crippen LogP contribution in [-0.4, -0.2) is 33.3 Å². The van der Waals surface area contributed by atoms with Gasteiger partial charge in [-0.3, -0.25) is 9.10 Å². The molecule has 156 valence electrons. The van der Waals surface area contributed by atoms with Crippen LogP contribution < -0.4 is 4.31 Å². The van der Waals surface area contributed by atoms with Gasteiger partial charge in [0, 0.05) is 26.2 Å². The van der Waals surface area contributed by atoms with Gasteiger partial charge < -0.3 is 4.90 Å². The fourth-order valence-electron chi connectivity index (χ4n) is 3.11. The van der Waals surface area contributed by atoms with E-state index in [1.54, 1.807) is 49.5 Å². The van der Waals surface area contributed by atoms with Crippen molar-refractivity contribution in [1.29, 1.82) is 0 Å². The lowest BCUT2D eigenvalue weighted by Crippen LogP contribution is -2.28. The van der Waals surface area contributed by atoms with Crippen molar-refractivity contribution in [1.82, 2.24) is 4.90 Å². The average molecular weight is 427 g/mol. The van der Waals surface area contributed by atoms with Gasteiger partial charge in [-0.15, -0.1) is 0 Å². The Morgan fingerprint density at radius 3 is 2.33 bits per heavy atom. The molecule has 3 aromatic rings. The van der Waals surface area contributed by atoms with Crippen molar-refractivity contribution in [3.63, 3.8) is 0 Å². The molecule has 5 nitrogen and oxygen atoms in total. The van der Waals surface area contributed by atoms with Crippen LogP contribution in [0.2, 0.25) is 0 Å². The highest BCUT2D eigenvalue weighted by Crippen LogP contribution is 2.24. The second-order valence-electron chi connectivity index (χ2n) is 7.13. The molecule has 30 heavy (non-hydrogen) atoms. The Bertz CT molecular complexity index is 1180. The number of anilines is 1. The molecule has 0 saturated carbocycles. The highest BCUT2D eigenvalue weighted by molar-refractivity contribution is 7.92. The second-order valence-corrected chi connectivity index (χ2v) is 9.10. The molecule has 1 amide bonds. The summed E-state index contributed by atoms with van der Waals surface area (Å²) in [4.78, 5) is 14.3. The lowest BCUT2D eigenvalue weighted by atomic mass is 10.1. The molecule has 0 fully saturated rings. The van der Waals surface area contributed by atoms with Crippen molar-refractivity contribution in [3.8, 4) is 0 Å². The molecular weight excluding hydrogens is 403 g/mol. The Balaban J connectivity index is 1.85. The van der Waals surface area contributed by atoms with E-state index in [-0.39, 0.29) is 28.7 Å². The number of carbonyl (C=O) groups is 1. The molecule has 0 unspecified atom stereocenters. The van der Waals surface area contributed by atoms with Crippen LogP contribution in [0, 0.1) is 12.7 Å².